The van der Waals surface area contributed by atoms with Gasteiger partial charge in [-0.05, 0) is 40.9 Å². The van der Waals surface area contributed by atoms with Crippen molar-refractivity contribution in [2.45, 2.75) is 18.9 Å². The van der Waals surface area contributed by atoms with Gasteiger partial charge in [-0.15, -0.1) is 0 Å². The molecule has 0 amide bonds. The fourth-order valence-corrected chi connectivity index (χ4v) is 1.63. The van der Waals surface area contributed by atoms with Crippen LogP contribution < -0.4 is 5.73 Å². The van der Waals surface area contributed by atoms with Crippen LogP contribution in [0.2, 0.25) is 5.15 Å². The molecule has 14 heavy (non-hydrogen) atoms. The zero-order valence-electron chi connectivity index (χ0n) is 7.80. The van der Waals surface area contributed by atoms with Crippen molar-refractivity contribution in [3.05, 3.63) is 27.5 Å². The summed E-state index contributed by atoms with van der Waals surface area (Å²) in [5.41, 5.74) is 5.99. The number of aliphatic hydroxyl groups is 1. The SMILES string of the molecule is CC(N)(CO)Cc1cc(Br)cnc1Cl. The van der Waals surface area contributed by atoms with Crippen molar-refractivity contribution in [1.82, 2.24) is 4.98 Å². The molecule has 0 saturated carbocycles. The zero-order valence-corrected chi connectivity index (χ0v) is 10.1. The molecule has 0 spiro atoms. The Morgan fingerprint density at radius 1 is 1.71 bits per heavy atom. The van der Waals surface area contributed by atoms with Gasteiger partial charge < -0.3 is 10.8 Å². The molecule has 1 aromatic heterocycles. The van der Waals surface area contributed by atoms with Gasteiger partial charge in [0.2, 0.25) is 0 Å². The second-order valence-corrected chi connectivity index (χ2v) is 4.87. The third-order valence-corrected chi connectivity index (χ3v) is 2.61. The van der Waals surface area contributed by atoms with Crippen LogP contribution in [0.4, 0.5) is 0 Å². The highest BCUT2D eigenvalue weighted by Gasteiger charge is 2.19. The van der Waals surface area contributed by atoms with Crippen molar-refractivity contribution in [1.29, 1.82) is 0 Å². The Labute approximate surface area is 96.4 Å². The van der Waals surface area contributed by atoms with Gasteiger partial charge in [-0.25, -0.2) is 4.98 Å². The van der Waals surface area contributed by atoms with Crippen LogP contribution in [0.5, 0.6) is 0 Å². The third-order valence-electron chi connectivity index (χ3n) is 1.83. The summed E-state index contributed by atoms with van der Waals surface area (Å²) in [6, 6.07) is 1.86. The van der Waals surface area contributed by atoms with Gasteiger partial charge in [-0.2, -0.15) is 0 Å². The molecule has 3 nitrogen and oxygen atoms in total. The molecule has 0 saturated heterocycles. The minimum atomic E-state index is -0.661. The molecule has 78 valence electrons. The number of aliphatic hydroxyl groups excluding tert-OH is 1. The predicted molar refractivity (Wildman–Crippen MR) is 60.3 cm³/mol. The molecule has 5 heteroatoms. The first-order valence-corrected chi connectivity index (χ1v) is 5.31. The molecule has 0 radical (unpaired) electrons. The zero-order chi connectivity index (χ0) is 10.8. The number of hydrogen-bond donors (Lipinski definition) is 2. The normalized spacial score (nSPS) is 15.2. The van der Waals surface area contributed by atoms with Crippen molar-refractivity contribution in [3.8, 4) is 0 Å². The summed E-state index contributed by atoms with van der Waals surface area (Å²) in [7, 11) is 0. The lowest BCUT2D eigenvalue weighted by atomic mass is 9.96. The standard InChI is InChI=1S/C9H12BrClN2O/c1-9(12,5-14)3-6-2-7(10)4-13-8(6)11/h2,4,14H,3,5,12H2,1H3. The summed E-state index contributed by atoms with van der Waals surface area (Å²) in [6.07, 6.45) is 2.12. The summed E-state index contributed by atoms with van der Waals surface area (Å²) in [4.78, 5) is 3.98. The number of nitrogens with zero attached hydrogens (tertiary/aromatic N) is 1. The number of halogens is 2. The van der Waals surface area contributed by atoms with Gasteiger partial charge >= 0.3 is 0 Å². The Morgan fingerprint density at radius 3 is 2.93 bits per heavy atom. The molecular formula is C9H12BrClN2O. The molecule has 0 aliphatic heterocycles. The minimum absolute atomic E-state index is 0.0875. The minimum Gasteiger partial charge on any atom is -0.394 e. The molecule has 0 aliphatic carbocycles. The van der Waals surface area contributed by atoms with E-state index in [-0.39, 0.29) is 6.61 Å². The van der Waals surface area contributed by atoms with E-state index in [0.29, 0.717) is 11.6 Å². The van der Waals surface area contributed by atoms with E-state index in [4.69, 9.17) is 22.4 Å². The maximum atomic E-state index is 9.02. The third kappa shape index (κ3) is 3.20. The van der Waals surface area contributed by atoms with Gasteiger partial charge in [0.1, 0.15) is 5.15 Å². The topological polar surface area (TPSA) is 59.1 Å². The van der Waals surface area contributed by atoms with Crippen LogP contribution in [0.25, 0.3) is 0 Å². The fourth-order valence-electron chi connectivity index (χ4n) is 1.08. The smallest absolute Gasteiger partial charge is 0.132 e. The molecule has 0 fully saturated rings. The highest BCUT2D eigenvalue weighted by molar-refractivity contribution is 9.10. The molecule has 1 atom stereocenters. The lowest BCUT2D eigenvalue weighted by molar-refractivity contribution is 0.208. The van der Waals surface area contributed by atoms with Crippen LogP contribution in [-0.2, 0) is 6.42 Å². The van der Waals surface area contributed by atoms with E-state index < -0.39 is 5.54 Å². The number of nitrogens with two attached hydrogens (primary N) is 1. The average Bonchev–Trinajstić information content (AvgIpc) is 2.11. The van der Waals surface area contributed by atoms with Gasteiger partial charge in [0, 0.05) is 16.2 Å². The Morgan fingerprint density at radius 2 is 2.36 bits per heavy atom. The second-order valence-electron chi connectivity index (χ2n) is 3.59. The first-order chi connectivity index (χ1) is 6.44. The van der Waals surface area contributed by atoms with Gasteiger partial charge in [0.25, 0.3) is 0 Å². The van der Waals surface area contributed by atoms with E-state index >= 15 is 0 Å². The highest BCUT2D eigenvalue weighted by atomic mass is 79.9. The van der Waals surface area contributed by atoms with Crippen molar-refractivity contribution in [3.63, 3.8) is 0 Å². The van der Waals surface area contributed by atoms with Crippen molar-refractivity contribution in [2.24, 2.45) is 5.73 Å². The van der Waals surface area contributed by atoms with Gasteiger partial charge in [-0.1, -0.05) is 11.6 Å². The molecule has 1 heterocycles. The predicted octanol–water partition coefficient (Wildman–Crippen LogP) is 1.75. The largest absolute Gasteiger partial charge is 0.394 e. The molecule has 1 aromatic rings. The summed E-state index contributed by atoms with van der Waals surface area (Å²) >= 11 is 9.19. The van der Waals surface area contributed by atoms with Crippen LogP contribution in [-0.4, -0.2) is 22.2 Å². The first-order valence-electron chi connectivity index (χ1n) is 4.14. The van der Waals surface area contributed by atoms with Crippen LogP contribution in [0, 0.1) is 0 Å². The van der Waals surface area contributed by atoms with Gasteiger partial charge in [-0.3, -0.25) is 0 Å². The number of rotatable bonds is 3. The fraction of sp³-hybridized carbons (Fsp3) is 0.444. The van der Waals surface area contributed by atoms with E-state index in [1.54, 1.807) is 13.1 Å². The quantitative estimate of drug-likeness (QED) is 0.829. The van der Waals surface area contributed by atoms with E-state index in [2.05, 4.69) is 20.9 Å². The number of aromatic nitrogens is 1. The van der Waals surface area contributed by atoms with E-state index in [0.717, 1.165) is 10.0 Å². The molecule has 1 rings (SSSR count). The maximum Gasteiger partial charge on any atom is 0.132 e. The van der Waals surface area contributed by atoms with E-state index in [1.807, 2.05) is 6.07 Å². The average molecular weight is 280 g/mol. The molecule has 0 aliphatic rings. The lowest BCUT2D eigenvalue weighted by Gasteiger charge is -2.21. The molecule has 1 unspecified atom stereocenters. The molecule has 3 N–H and O–H groups in total. The van der Waals surface area contributed by atoms with Crippen LogP contribution >= 0.6 is 27.5 Å². The van der Waals surface area contributed by atoms with Crippen LogP contribution in [0.15, 0.2) is 16.7 Å². The first kappa shape index (κ1) is 11.9. The van der Waals surface area contributed by atoms with Crippen molar-refractivity contribution < 1.29 is 5.11 Å². The van der Waals surface area contributed by atoms with E-state index in [9.17, 15) is 0 Å². The summed E-state index contributed by atoms with van der Waals surface area (Å²) in [5.74, 6) is 0. The Hall–Kier alpha value is -0.160. The Kier molecular flexibility index (Phi) is 3.89. The number of pyridine rings is 1. The van der Waals surface area contributed by atoms with Crippen LogP contribution in [0.3, 0.4) is 0 Å². The second kappa shape index (κ2) is 4.57. The van der Waals surface area contributed by atoms with Crippen molar-refractivity contribution in [2.75, 3.05) is 6.61 Å². The molecule has 0 bridgehead atoms. The lowest BCUT2D eigenvalue weighted by Crippen LogP contribution is -2.42. The number of hydrogen-bond acceptors (Lipinski definition) is 3. The summed E-state index contributed by atoms with van der Waals surface area (Å²) in [6.45, 7) is 1.68. The Bertz CT molecular complexity index is 331. The van der Waals surface area contributed by atoms with E-state index in [1.165, 1.54) is 0 Å². The van der Waals surface area contributed by atoms with Crippen LogP contribution in [0.1, 0.15) is 12.5 Å². The monoisotopic (exact) mass is 278 g/mol. The summed E-state index contributed by atoms with van der Waals surface area (Å²) in [5, 5.41) is 9.44. The van der Waals surface area contributed by atoms with Gasteiger partial charge in [0.15, 0.2) is 0 Å². The molecular weight excluding hydrogens is 267 g/mol. The Balaban J connectivity index is 2.91. The molecule has 0 aromatic carbocycles. The summed E-state index contributed by atoms with van der Waals surface area (Å²) < 4.78 is 0.852. The maximum absolute atomic E-state index is 9.02. The van der Waals surface area contributed by atoms with Gasteiger partial charge in [0.05, 0.1) is 6.61 Å². The van der Waals surface area contributed by atoms with Crippen molar-refractivity contribution >= 4 is 27.5 Å². The highest BCUT2D eigenvalue weighted by Crippen LogP contribution is 2.21.